The van der Waals surface area contributed by atoms with Gasteiger partial charge in [-0.1, -0.05) is 24.3 Å². The SMILES string of the molecule is CN=C(NCc1ccccc1Cn1cccn1)NCC1CCCN(C(C)C)C1.I. The van der Waals surface area contributed by atoms with Crippen LogP contribution in [0.25, 0.3) is 0 Å². The summed E-state index contributed by atoms with van der Waals surface area (Å²) >= 11 is 0. The number of aromatic nitrogens is 2. The maximum atomic E-state index is 4.41. The average molecular weight is 510 g/mol. The van der Waals surface area contributed by atoms with Crippen LogP contribution >= 0.6 is 24.0 Å². The molecule has 1 saturated heterocycles. The lowest BCUT2D eigenvalue weighted by atomic mass is 9.97. The van der Waals surface area contributed by atoms with Gasteiger partial charge in [-0.05, 0) is 56.3 Å². The normalized spacial score (nSPS) is 17.8. The second kappa shape index (κ2) is 12.2. The van der Waals surface area contributed by atoms with Gasteiger partial charge in [0.15, 0.2) is 5.96 Å². The summed E-state index contributed by atoms with van der Waals surface area (Å²) in [6.45, 7) is 9.48. The number of piperidine rings is 1. The zero-order valence-corrected chi connectivity index (χ0v) is 20.2. The molecule has 0 aliphatic carbocycles. The van der Waals surface area contributed by atoms with Crippen molar-refractivity contribution in [2.24, 2.45) is 10.9 Å². The molecule has 1 atom stereocenters. The molecule has 160 valence electrons. The highest BCUT2D eigenvalue weighted by atomic mass is 127. The summed E-state index contributed by atoms with van der Waals surface area (Å²) in [5.74, 6) is 1.55. The van der Waals surface area contributed by atoms with Gasteiger partial charge in [0.1, 0.15) is 0 Å². The number of nitrogens with zero attached hydrogens (tertiary/aromatic N) is 4. The molecule has 2 N–H and O–H groups in total. The van der Waals surface area contributed by atoms with Crippen molar-refractivity contribution in [1.29, 1.82) is 0 Å². The molecule has 1 fully saturated rings. The predicted molar refractivity (Wildman–Crippen MR) is 131 cm³/mol. The van der Waals surface area contributed by atoms with Gasteiger partial charge in [-0.25, -0.2) is 0 Å². The number of likely N-dealkylation sites (tertiary alicyclic amines) is 1. The van der Waals surface area contributed by atoms with Gasteiger partial charge >= 0.3 is 0 Å². The molecule has 2 heterocycles. The first-order valence-corrected chi connectivity index (χ1v) is 10.4. The van der Waals surface area contributed by atoms with Gasteiger partial charge in [-0.2, -0.15) is 5.10 Å². The first kappa shape index (κ1) is 23.7. The molecular weight excluding hydrogens is 475 g/mol. The zero-order valence-electron chi connectivity index (χ0n) is 17.8. The summed E-state index contributed by atoms with van der Waals surface area (Å²) in [7, 11) is 1.84. The van der Waals surface area contributed by atoms with E-state index in [4.69, 9.17) is 0 Å². The summed E-state index contributed by atoms with van der Waals surface area (Å²) in [6.07, 6.45) is 6.39. The number of guanidine groups is 1. The van der Waals surface area contributed by atoms with Crippen LogP contribution in [-0.4, -0.2) is 53.4 Å². The van der Waals surface area contributed by atoms with E-state index >= 15 is 0 Å². The molecule has 7 heteroatoms. The Labute approximate surface area is 192 Å². The van der Waals surface area contributed by atoms with Gasteiger partial charge in [0.2, 0.25) is 0 Å². The van der Waals surface area contributed by atoms with Crippen molar-refractivity contribution >= 4 is 29.9 Å². The van der Waals surface area contributed by atoms with Crippen molar-refractivity contribution < 1.29 is 0 Å². The lowest BCUT2D eigenvalue weighted by Crippen LogP contribution is -2.46. The molecule has 0 spiro atoms. The molecule has 1 aromatic carbocycles. The van der Waals surface area contributed by atoms with E-state index in [1.54, 1.807) is 0 Å². The lowest BCUT2D eigenvalue weighted by Gasteiger charge is -2.35. The predicted octanol–water partition coefficient (Wildman–Crippen LogP) is 3.33. The van der Waals surface area contributed by atoms with E-state index in [1.165, 1.54) is 37.1 Å². The third-order valence-corrected chi connectivity index (χ3v) is 5.52. The summed E-state index contributed by atoms with van der Waals surface area (Å²) in [5.41, 5.74) is 2.54. The van der Waals surface area contributed by atoms with Crippen molar-refractivity contribution in [3.8, 4) is 0 Å². The Balaban J connectivity index is 0.00000300. The molecular formula is C22H35IN6. The van der Waals surface area contributed by atoms with E-state index < -0.39 is 0 Å². The van der Waals surface area contributed by atoms with E-state index in [0.717, 1.165) is 25.6 Å². The average Bonchev–Trinajstić information content (AvgIpc) is 3.22. The summed E-state index contributed by atoms with van der Waals surface area (Å²) in [6, 6.07) is 11.1. The molecule has 29 heavy (non-hydrogen) atoms. The fraction of sp³-hybridized carbons (Fsp3) is 0.545. The fourth-order valence-corrected chi connectivity index (χ4v) is 3.83. The van der Waals surface area contributed by atoms with Crippen LogP contribution < -0.4 is 10.6 Å². The van der Waals surface area contributed by atoms with Gasteiger partial charge in [-0.15, -0.1) is 24.0 Å². The first-order valence-electron chi connectivity index (χ1n) is 10.4. The first-order chi connectivity index (χ1) is 13.7. The van der Waals surface area contributed by atoms with Crippen molar-refractivity contribution in [2.45, 2.75) is 45.8 Å². The van der Waals surface area contributed by atoms with E-state index in [-0.39, 0.29) is 24.0 Å². The lowest BCUT2D eigenvalue weighted by molar-refractivity contribution is 0.141. The maximum Gasteiger partial charge on any atom is 0.191 e. The molecule has 0 saturated carbocycles. The molecule has 3 rings (SSSR count). The number of hydrogen-bond acceptors (Lipinski definition) is 3. The van der Waals surface area contributed by atoms with Crippen LogP contribution in [0, 0.1) is 5.92 Å². The van der Waals surface area contributed by atoms with Crippen LogP contribution in [0.15, 0.2) is 47.7 Å². The third-order valence-electron chi connectivity index (χ3n) is 5.52. The minimum atomic E-state index is 0. The Morgan fingerprint density at radius 1 is 1.21 bits per heavy atom. The Hall–Kier alpha value is -1.61. The molecule has 1 aliphatic rings. The molecule has 0 bridgehead atoms. The van der Waals surface area contributed by atoms with Crippen molar-refractivity contribution in [3.05, 3.63) is 53.9 Å². The Kier molecular flexibility index (Phi) is 9.93. The summed E-state index contributed by atoms with van der Waals surface area (Å²) < 4.78 is 1.95. The second-order valence-electron chi connectivity index (χ2n) is 7.88. The van der Waals surface area contributed by atoms with Crippen LogP contribution in [0.3, 0.4) is 0 Å². The van der Waals surface area contributed by atoms with Crippen molar-refractivity contribution in [2.75, 3.05) is 26.7 Å². The van der Waals surface area contributed by atoms with Crippen LogP contribution in [-0.2, 0) is 13.1 Å². The number of nitrogens with one attached hydrogen (secondary N) is 2. The van der Waals surface area contributed by atoms with Gasteiger partial charge in [0, 0.05) is 45.1 Å². The van der Waals surface area contributed by atoms with E-state index in [2.05, 4.69) is 63.7 Å². The van der Waals surface area contributed by atoms with E-state index in [1.807, 2.05) is 30.2 Å². The highest BCUT2D eigenvalue weighted by molar-refractivity contribution is 14.0. The number of halogens is 1. The van der Waals surface area contributed by atoms with Crippen LogP contribution in [0.2, 0.25) is 0 Å². The molecule has 1 aromatic heterocycles. The van der Waals surface area contributed by atoms with Gasteiger partial charge in [0.25, 0.3) is 0 Å². The van der Waals surface area contributed by atoms with Crippen molar-refractivity contribution in [1.82, 2.24) is 25.3 Å². The minimum absolute atomic E-state index is 0. The molecule has 0 amide bonds. The van der Waals surface area contributed by atoms with Gasteiger partial charge in [0.05, 0.1) is 6.54 Å². The van der Waals surface area contributed by atoms with Gasteiger partial charge in [-0.3, -0.25) is 9.67 Å². The quantitative estimate of drug-likeness (QED) is 0.341. The van der Waals surface area contributed by atoms with E-state index in [9.17, 15) is 0 Å². The number of aliphatic imine (C=N–C) groups is 1. The Morgan fingerprint density at radius 3 is 2.69 bits per heavy atom. The Morgan fingerprint density at radius 2 is 2.00 bits per heavy atom. The van der Waals surface area contributed by atoms with Crippen molar-refractivity contribution in [3.63, 3.8) is 0 Å². The summed E-state index contributed by atoms with van der Waals surface area (Å²) in [5, 5.41) is 11.3. The molecule has 1 aliphatic heterocycles. The highest BCUT2D eigenvalue weighted by Gasteiger charge is 2.21. The van der Waals surface area contributed by atoms with E-state index in [0.29, 0.717) is 12.0 Å². The monoisotopic (exact) mass is 510 g/mol. The molecule has 0 radical (unpaired) electrons. The third kappa shape index (κ3) is 7.29. The minimum Gasteiger partial charge on any atom is -0.356 e. The standard InChI is InChI=1S/C22H34N6.HI/c1-18(2)27-12-6-8-19(16-27)14-24-22(23-3)25-15-20-9-4-5-10-21(20)17-28-13-7-11-26-28;/h4-5,7,9-11,13,18-19H,6,8,12,14-17H2,1-3H3,(H2,23,24,25);1H. The second-order valence-corrected chi connectivity index (χ2v) is 7.88. The molecule has 1 unspecified atom stereocenters. The highest BCUT2D eigenvalue weighted by Crippen LogP contribution is 2.17. The zero-order chi connectivity index (χ0) is 19.8. The number of hydrogen-bond donors (Lipinski definition) is 2. The number of benzene rings is 1. The van der Waals surface area contributed by atoms with Crippen LogP contribution in [0.4, 0.5) is 0 Å². The largest absolute Gasteiger partial charge is 0.356 e. The topological polar surface area (TPSA) is 57.5 Å². The smallest absolute Gasteiger partial charge is 0.191 e. The fourth-order valence-electron chi connectivity index (χ4n) is 3.83. The Bertz CT molecular complexity index is 744. The molecule has 6 nitrogen and oxygen atoms in total. The maximum absolute atomic E-state index is 4.41. The van der Waals surface area contributed by atoms with Gasteiger partial charge < -0.3 is 15.5 Å². The number of rotatable bonds is 7. The van der Waals surface area contributed by atoms with Crippen LogP contribution in [0.5, 0.6) is 0 Å². The summed E-state index contributed by atoms with van der Waals surface area (Å²) in [4.78, 5) is 6.99. The molecule has 2 aromatic rings. The van der Waals surface area contributed by atoms with Crippen LogP contribution in [0.1, 0.15) is 37.8 Å².